The highest BCUT2D eigenvalue weighted by Crippen LogP contribution is 2.28. The Bertz CT molecular complexity index is 521. The molecule has 0 saturated heterocycles. The highest BCUT2D eigenvalue weighted by atomic mass is 32.1. The fraction of sp³-hybridized carbons (Fsp3) is 0.333. The Balaban J connectivity index is 2.30. The van der Waals surface area contributed by atoms with Gasteiger partial charge in [0.15, 0.2) is 5.76 Å². The molecule has 1 unspecified atom stereocenters. The summed E-state index contributed by atoms with van der Waals surface area (Å²) in [4.78, 5) is 4.44. The van der Waals surface area contributed by atoms with Gasteiger partial charge in [0.05, 0.1) is 12.0 Å². The van der Waals surface area contributed by atoms with Crippen LogP contribution in [0.5, 0.6) is 0 Å². The van der Waals surface area contributed by atoms with E-state index in [2.05, 4.69) is 11.1 Å². The summed E-state index contributed by atoms with van der Waals surface area (Å²) in [5, 5.41) is 11.8. The maximum atomic E-state index is 8.96. The van der Waals surface area contributed by atoms with Crippen LogP contribution in [0.15, 0.2) is 21.9 Å². The van der Waals surface area contributed by atoms with Gasteiger partial charge in [-0.3, -0.25) is 0 Å². The lowest BCUT2D eigenvalue weighted by Crippen LogP contribution is -1.92. The Morgan fingerprint density at radius 2 is 2.38 bits per heavy atom. The Labute approximate surface area is 98.4 Å². The lowest BCUT2D eigenvalue weighted by atomic mass is 10.1. The van der Waals surface area contributed by atoms with Gasteiger partial charge in [-0.15, -0.1) is 11.3 Å². The fourth-order valence-corrected chi connectivity index (χ4v) is 2.39. The van der Waals surface area contributed by atoms with E-state index in [0.717, 1.165) is 28.6 Å². The number of nitriles is 1. The summed E-state index contributed by atoms with van der Waals surface area (Å²) < 4.78 is 5.49. The zero-order chi connectivity index (χ0) is 11.5. The standard InChI is InChI=1S/C12H12N2OS/c1-3-9(6-13)12-14-10(7-16-12)11-5-4-8(2)15-11/h4-5,7,9H,3H2,1-2H3. The second-order valence-corrected chi connectivity index (χ2v) is 4.46. The topological polar surface area (TPSA) is 49.8 Å². The van der Waals surface area contributed by atoms with E-state index in [1.807, 2.05) is 31.4 Å². The number of furan rings is 1. The van der Waals surface area contributed by atoms with Crippen LogP contribution in [0, 0.1) is 18.3 Å². The summed E-state index contributed by atoms with van der Waals surface area (Å²) in [5.41, 5.74) is 0.821. The van der Waals surface area contributed by atoms with Crippen LogP contribution < -0.4 is 0 Å². The zero-order valence-electron chi connectivity index (χ0n) is 9.23. The Morgan fingerprint density at radius 3 is 2.94 bits per heavy atom. The first-order valence-corrected chi connectivity index (χ1v) is 6.04. The van der Waals surface area contributed by atoms with Crippen molar-refractivity contribution in [3.63, 3.8) is 0 Å². The predicted octanol–water partition coefficient (Wildman–Crippen LogP) is 3.73. The van der Waals surface area contributed by atoms with Crippen molar-refractivity contribution in [2.75, 3.05) is 0 Å². The van der Waals surface area contributed by atoms with Gasteiger partial charge in [0.2, 0.25) is 0 Å². The molecule has 0 saturated carbocycles. The minimum Gasteiger partial charge on any atom is -0.460 e. The average molecular weight is 232 g/mol. The highest BCUT2D eigenvalue weighted by Gasteiger charge is 2.14. The van der Waals surface area contributed by atoms with E-state index >= 15 is 0 Å². The summed E-state index contributed by atoms with van der Waals surface area (Å²) in [7, 11) is 0. The van der Waals surface area contributed by atoms with E-state index in [1.54, 1.807) is 0 Å². The number of thiazole rings is 1. The zero-order valence-corrected chi connectivity index (χ0v) is 10.0. The van der Waals surface area contributed by atoms with Gasteiger partial charge < -0.3 is 4.42 Å². The van der Waals surface area contributed by atoms with Crippen LogP contribution in [0.1, 0.15) is 30.0 Å². The van der Waals surface area contributed by atoms with Crippen LogP contribution in [0.4, 0.5) is 0 Å². The van der Waals surface area contributed by atoms with E-state index in [1.165, 1.54) is 11.3 Å². The second-order valence-electron chi connectivity index (χ2n) is 3.57. The van der Waals surface area contributed by atoms with E-state index in [9.17, 15) is 0 Å². The average Bonchev–Trinajstić information content (AvgIpc) is 2.89. The van der Waals surface area contributed by atoms with Crippen molar-refractivity contribution in [1.82, 2.24) is 4.98 Å². The SMILES string of the molecule is CCC(C#N)c1nc(-c2ccc(C)o2)cs1. The third-order valence-corrected chi connectivity index (χ3v) is 3.34. The minimum atomic E-state index is -0.102. The maximum absolute atomic E-state index is 8.96. The lowest BCUT2D eigenvalue weighted by molar-refractivity contribution is 0.546. The molecule has 0 fully saturated rings. The summed E-state index contributed by atoms with van der Waals surface area (Å²) in [6.07, 6.45) is 0.792. The molecule has 0 spiro atoms. The Morgan fingerprint density at radius 1 is 1.56 bits per heavy atom. The first-order chi connectivity index (χ1) is 7.74. The van der Waals surface area contributed by atoms with E-state index in [-0.39, 0.29) is 5.92 Å². The van der Waals surface area contributed by atoms with Crippen molar-refractivity contribution >= 4 is 11.3 Å². The molecule has 0 aliphatic rings. The molecule has 82 valence electrons. The number of hydrogen-bond donors (Lipinski definition) is 0. The largest absolute Gasteiger partial charge is 0.460 e. The molecule has 2 aromatic heterocycles. The molecule has 0 radical (unpaired) electrons. The van der Waals surface area contributed by atoms with Crippen molar-refractivity contribution < 1.29 is 4.42 Å². The molecule has 1 atom stereocenters. The first-order valence-electron chi connectivity index (χ1n) is 5.16. The minimum absolute atomic E-state index is 0.102. The molecule has 0 bridgehead atoms. The highest BCUT2D eigenvalue weighted by molar-refractivity contribution is 7.10. The van der Waals surface area contributed by atoms with E-state index in [4.69, 9.17) is 9.68 Å². The molecule has 4 heteroatoms. The fourth-order valence-electron chi connectivity index (χ4n) is 1.45. The number of rotatable bonds is 3. The molecular formula is C12H12N2OS. The van der Waals surface area contributed by atoms with Crippen LogP contribution >= 0.6 is 11.3 Å². The van der Waals surface area contributed by atoms with E-state index in [0.29, 0.717) is 0 Å². The van der Waals surface area contributed by atoms with Crippen molar-refractivity contribution in [3.8, 4) is 17.5 Å². The number of aromatic nitrogens is 1. The molecule has 16 heavy (non-hydrogen) atoms. The quantitative estimate of drug-likeness (QED) is 0.810. The third kappa shape index (κ3) is 2.00. The summed E-state index contributed by atoms with van der Waals surface area (Å²) in [6, 6.07) is 6.07. The van der Waals surface area contributed by atoms with Crippen molar-refractivity contribution in [2.45, 2.75) is 26.2 Å². The van der Waals surface area contributed by atoms with Gasteiger partial charge in [0.1, 0.15) is 16.5 Å². The van der Waals surface area contributed by atoms with Gasteiger partial charge >= 0.3 is 0 Å². The van der Waals surface area contributed by atoms with Gasteiger partial charge in [0, 0.05) is 5.38 Å². The number of nitrogens with zero attached hydrogens (tertiary/aromatic N) is 2. The molecule has 2 rings (SSSR count). The van der Waals surface area contributed by atoms with E-state index < -0.39 is 0 Å². The smallest absolute Gasteiger partial charge is 0.153 e. The molecule has 2 heterocycles. The molecule has 0 amide bonds. The van der Waals surface area contributed by atoms with Gasteiger partial charge in [-0.05, 0) is 25.5 Å². The van der Waals surface area contributed by atoms with Crippen molar-refractivity contribution in [1.29, 1.82) is 5.26 Å². The van der Waals surface area contributed by atoms with Crippen molar-refractivity contribution in [2.24, 2.45) is 0 Å². The van der Waals surface area contributed by atoms with Gasteiger partial charge in [-0.25, -0.2) is 4.98 Å². The molecule has 0 N–H and O–H groups in total. The van der Waals surface area contributed by atoms with Crippen LogP contribution in [0.25, 0.3) is 11.5 Å². The number of aryl methyl sites for hydroxylation is 1. The summed E-state index contributed by atoms with van der Waals surface area (Å²) in [6.45, 7) is 3.90. The first kappa shape index (κ1) is 10.9. The maximum Gasteiger partial charge on any atom is 0.153 e. The van der Waals surface area contributed by atoms with Gasteiger partial charge in [-0.2, -0.15) is 5.26 Å². The normalized spacial score (nSPS) is 12.3. The number of hydrogen-bond acceptors (Lipinski definition) is 4. The van der Waals surface area contributed by atoms with Crippen LogP contribution in [-0.2, 0) is 0 Å². The summed E-state index contributed by atoms with van der Waals surface area (Å²) in [5.74, 6) is 1.54. The molecular weight excluding hydrogens is 220 g/mol. The molecule has 2 aromatic rings. The predicted molar refractivity (Wildman–Crippen MR) is 63.2 cm³/mol. The Kier molecular flexibility index (Phi) is 3.07. The third-order valence-electron chi connectivity index (χ3n) is 2.38. The van der Waals surface area contributed by atoms with Gasteiger partial charge in [0.25, 0.3) is 0 Å². The molecule has 0 aliphatic carbocycles. The lowest BCUT2D eigenvalue weighted by Gasteiger charge is -1.98. The van der Waals surface area contributed by atoms with Gasteiger partial charge in [-0.1, -0.05) is 6.92 Å². The molecule has 0 aromatic carbocycles. The summed E-state index contributed by atoms with van der Waals surface area (Å²) >= 11 is 1.52. The molecule has 3 nitrogen and oxygen atoms in total. The monoisotopic (exact) mass is 232 g/mol. The van der Waals surface area contributed by atoms with Crippen molar-refractivity contribution in [3.05, 3.63) is 28.3 Å². The Hall–Kier alpha value is -1.60. The second kappa shape index (κ2) is 4.50. The molecule has 0 aliphatic heterocycles. The van der Waals surface area contributed by atoms with Crippen LogP contribution in [-0.4, -0.2) is 4.98 Å². The van der Waals surface area contributed by atoms with Crippen LogP contribution in [0.2, 0.25) is 0 Å². The van der Waals surface area contributed by atoms with Crippen LogP contribution in [0.3, 0.4) is 0 Å².